The van der Waals surface area contributed by atoms with E-state index in [1.165, 1.54) is 12.1 Å². The number of fused-ring (bicyclic) bond motifs is 3. The third-order valence-corrected chi connectivity index (χ3v) is 5.65. The fourth-order valence-electron chi connectivity index (χ4n) is 4.02. The van der Waals surface area contributed by atoms with E-state index in [0.29, 0.717) is 19.3 Å². The van der Waals surface area contributed by atoms with Gasteiger partial charge in [0.05, 0.1) is 1.37 Å². The number of rotatable bonds is 4. The van der Waals surface area contributed by atoms with Gasteiger partial charge in [-0.2, -0.15) is 0 Å². The first-order chi connectivity index (χ1) is 15.1. The molecule has 0 aliphatic carbocycles. The van der Waals surface area contributed by atoms with Crippen LogP contribution in [0.15, 0.2) is 84.7 Å². The second-order valence-corrected chi connectivity index (χ2v) is 8.03. The van der Waals surface area contributed by atoms with Crippen molar-refractivity contribution in [3.8, 4) is 0 Å². The predicted molar refractivity (Wildman–Crippen MR) is 120 cm³/mol. The van der Waals surface area contributed by atoms with Crippen molar-refractivity contribution >= 4 is 23.0 Å². The SMILES string of the molecule is [2H]C1=C2CN(Cc3cccc(Cl)c3)CC=C2c2cccnc2N1Cc1ccc(F)cc1. The first-order valence-corrected chi connectivity index (χ1v) is 10.3. The van der Waals surface area contributed by atoms with Crippen LogP contribution in [0.5, 0.6) is 0 Å². The van der Waals surface area contributed by atoms with Gasteiger partial charge in [-0.1, -0.05) is 41.9 Å². The van der Waals surface area contributed by atoms with Crippen molar-refractivity contribution in [2.75, 3.05) is 18.0 Å². The summed E-state index contributed by atoms with van der Waals surface area (Å²) in [6.45, 7) is 2.70. The van der Waals surface area contributed by atoms with Gasteiger partial charge in [-0.05, 0) is 58.7 Å². The minimum Gasteiger partial charge on any atom is -0.328 e. The van der Waals surface area contributed by atoms with Crippen LogP contribution in [-0.4, -0.2) is 23.0 Å². The number of anilines is 1. The predicted octanol–water partition coefficient (Wildman–Crippen LogP) is 5.68. The lowest BCUT2D eigenvalue weighted by Crippen LogP contribution is -2.33. The molecule has 0 amide bonds. The summed E-state index contributed by atoms with van der Waals surface area (Å²) in [5, 5.41) is 0.731. The summed E-state index contributed by atoms with van der Waals surface area (Å²) < 4.78 is 22.3. The number of hydrogen-bond acceptors (Lipinski definition) is 3. The summed E-state index contributed by atoms with van der Waals surface area (Å²) in [5.74, 6) is 0.509. The standard InChI is InChI=1S/C25H21ClFN3/c26-21-4-1-3-19(13-21)14-29-12-10-23-20(16-29)17-30(25-24(23)5-2-11-28-25)15-18-6-8-22(27)9-7-18/h1-11,13,17H,12,14-16H2/i17D. The van der Waals surface area contributed by atoms with Gasteiger partial charge >= 0.3 is 0 Å². The van der Waals surface area contributed by atoms with E-state index in [1.54, 1.807) is 18.3 Å². The summed E-state index contributed by atoms with van der Waals surface area (Å²) in [6, 6.07) is 18.3. The Morgan fingerprint density at radius 3 is 2.73 bits per heavy atom. The van der Waals surface area contributed by atoms with Gasteiger partial charge in [0.2, 0.25) is 0 Å². The molecule has 2 aliphatic rings. The van der Waals surface area contributed by atoms with E-state index in [0.717, 1.165) is 51.8 Å². The lowest BCUT2D eigenvalue weighted by molar-refractivity contribution is 0.317. The van der Waals surface area contributed by atoms with E-state index in [9.17, 15) is 4.39 Å². The zero-order valence-corrected chi connectivity index (χ0v) is 17.1. The summed E-state index contributed by atoms with van der Waals surface area (Å²) in [7, 11) is 0. The summed E-state index contributed by atoms with van der Waals surface area (Å²) in [6.07, 6.45) is 4.38. The van der Waals surface area contributed by atoms with Crippen LogP contribution in [-0.2, 0) is 13.1 Å². The molecule has 5 heteroatoms. The molecule has 2 aromatic carbocycles. The number of aromatic nitrogens is 1. The topological polar surface area (TPSA) is 19.4 Å². The van der Waals surface area contributed by atoms with E-state index in [2.05, 4.69) is 28.1 Å². The van der Waals surface area contributed by atoms with E-state index < -0.39 is 0 Å². The van der Waals surface area contributed by atoms with Crippen LogP contribution < -0.4 is 4.90 Å². The summed E-state index contributed by atoms with van der Waals surface area (Å²) in [5.41, 5.74) is 5.19. The van der Waals surface area contributed by atoms with Crippen molar-refractivity contribution < 1.29 is 5.76 Å². The van der Waals surface area contributed by atoms with Crippen LogP contribution in [0.4, 0.5) is 10.2 Å². The smallest absolute Gasteiger partial charge is 0.140 e. The molecule has 5 rings (SSSR count). The maximum absolute atomic E-state index is 13.4. The molecule has 0 saturated heterocycles. The number of benzene rings is 2. The van der Waals surface area contributed by atoms with Gasteiger partial charge in [-0.3, -0.25) is 4.90 Å². The van der Waals surface area contributed by atoms with Crippen molar-refractivity contribution in [3.63, 3.8) is 0 Å². The van der Waals surface area contributed by atoms with Crippen LogP contribution in [0.3, 0.4) is 0 Å². The zero-order chi connectivity index (χ0) is 21.4. The highest BCUT2D eigenvalue weighted by Gasteiger charge is 2.27. The fraction of sp³-hybridized carbons (Fsp3) is 0.160. The van der Waals surface area contributed by atoms with Crippen molar-refractivity contribution in [1.82, 2.24) is 9.88 Å². The minimum atomic E-state index is -0.264. The first kappa shape index (κ1) is 17.9. The molecule has 30 heavy (non-hydrogen) atoms. The van der Waals surface area contributed by atoms with Gasteiger partial charge in [0.1, 0.15) is 11.6 Å². The Hall–Kier alpha value is -2.95. The van der Waals surface area contributed by atoms with E-state index in [-0.39, 0.29) is 5.82 Å². The third-order valence-electron chi connectivity index (χ3n) is 5.41. The molecule has 2 aliphatic heterocycles. The Balaban J connectivity index is 1.49. The number of nitrogens with zero attached hydrogens (tertiary/aromatic N) is 3. The van der Waals surface area contributed by atoms with Gasteiger partial charge in [0.15, 0.2) is 0 Å². The lowest BCUT2D eigenvalue weighted by atomic mass is 9.92. The quantitative estimate of drug-likeness (QED) is 0.543. The Morgan fingerprint density at radius 1 is 1.03 bits per heavy atom. The number of halogens is 2. The molecule has 3 nitrogen and oxygen atoms in total. The molecule has 3 heterocycles. The molecule has 0 radical (unpaired) electrons. The first-order valence-electron chi connectivity index (χ1n) is 10.4. The molecule has 0 saturated carbocycles. The van der Waals surface area contributed by atoms with Crippen LogP contribution in [0.1, 0.15) is 18.1 Å². The molecule has 0 bridgehead atoms. The molecule has 150 valence electrons. The van der Waals surface area contributed by atoms with E-state index >= 15 is 0 Å². The lowest BCUT2D eigenvalue weighted by Gasteiger charge is -2.35. The van der Waals surface area contributed by atoms with E-state index in [1.807, 2.05) is 29.2 Å². The Kier molecular flexibility index (Phi) is 4.80. The number of hydrogen-bond donors (Lipinski definition) is 0. The molecule has 0 N–H and O–H groups in total. The van der Waals surface area contributed by atoms with Crippen molar-refractivity contribution in [1.29, 1.82) is 0 Å². The van der Waals surface area contributed by atoms with Crippen LogP contribution >= 0.6 is 11.6 Å². The number of pyridine rings is 1. The molecule has 0 unspecified atom stereocenters. The molecule has 1 aromatic heterocycles. The molecular weight excluding hydrogens is 397 g/mol. The monoisotopic (exact) mass is 418 g/mol. The molecule has 3 aromatic rings. The van der Waals surface area contributed by atoms with E-state index in [4.69, 9.17) is 13.0 Å². The third kappa shape index (κ3) is 3.89. The molecular formula is C25H21ClFN3. The van der Waals surface area contributed by atoms with Gasteiger partial charge in [-0.15, -0.1) is 0 Å². The second kappa shape index (κ2) is 8.05. The highest BCUT2D eigenvalue weighted by atomic mass is 35.5. The van der Waals surface area contributed by atoms with Crippen molar-refractivity contribution in [3.05, 3.63) is 112 Å². The van der Waals surface area contributed by atoms with Gasteiger partial charge in [0, 0.05) is 49.1 Å². The maximum atomic E-state index is 13.4. The van der Waals surface area contributed by atoms with Crippen LogP contribution in [0.25, 0.3) is 5.57 Å². The summed E-state index contributed by atoms with van der Waals surface area (Å²) >= 11 is 6.15. The van der Waals surface area contributed by atoms with Gasteiger partial charge in [0.25, 0.3) is 0 Å². The molecule has 0 atom stereocenters. The average Bonchev–Trinajstić information content (AvgIpc) is 2.78. The average molecular weight is 419 g/mol. The van der Waals surface area contributed by atoms with Crippen molar-refractivity contribution in [2.24, 2.45) is 0 Å². The summed E-state index contributed by atoms with van der Waals surface area (Å²) in [4.78, 5) is 8.80. The van der Waals surface area contributed by atoms with Gasteiger partial charge in [-0.25, -0.2) is 9.37 Å². The normalized spacial score (nSPS) is 16.7. The highest BCUT2D eigenvalue weighted by molar-refractivity contribution is 6.30. The van der Waals surface area contributed by atoms with Crippen molar-refractivity contribution in [2.45, 2.75) is 13.1 Å². The zero-order valence-electron chi connectivity index (χ0n) is 17.4. The maximum Gasteiger partial charge on any atom is 0.140 e. The Morgan fingerprint density at radius 2 is 1.90 bits per heavy atom. The molecule has 0 spiro atoms. The molecule has 0 fully saturated rings. The second-order valence-electron chi connectivity index (χ2n) is 7.59. The Labute approximate surface area is 182 Å². The Bertz CT molecular complexity index is 1190. The largest absolute Gasteiger partial charge is 0.328 e. The van der Waals surface area contributed by atoms with Gasteiger partial charge < -0.3 is 4.90 Å². The van der Waals surface area contributed by atoms with Crippen LogP contribution in [0.2, 0.25) is 5.02 Å². The fourth-order valence-corrected chi connectivity index (χ4v) is 4.24. The highest BCUT2D eigenvalue weighted by Crippen LogP contribution is 2.38. The van der Waals surface area contributed by atoms with Crippen LogP contribution in [0, 0.1) is 5.82 Å². The minimum absolute atomic E-state index is 0.264.